The number of phenols is 1. The number of ether oxygens (including phenoxy) is 2. The highest BCUT2D eigenvalue weighted by Crippen LogP contribution is 2.27. The Morgan fingerprint density at radius 1 is 1.21 bits per heavy atom. The van der Waals surface area contributed by atoms with Gasteiger partial charge in [-0.1, -0.05) is 0 Å². The van der Waals surface area contributed by atoms with Crippen LogP contribution in [0.25, 0.3) is 0 Å². The Morgan fingerprint density at radius 2 is 1.93 bits per heavy atom. The van der Waals surface area contributed by atoms with Crippen molar-refractivity contribution in [1.82, 2.24) is 4.98 Å². The normalized spacial score (nSPS) is 27.0. The maximum absolute atomic E-state index is 12.4. The predicted octanol–water partition coefficient (Wildman–Crippen LogP) is -0.196. The van der Waals surface area contributed by atoms with E-state index in [-0.39, 0.29) is 35.9 Å². The van der Waals surface area contributed by atoms with Gasteiger partial charge in [0.05, 0.1) is 29.3 Å². The van der Waals surface area contributed by atoms with Crippen molar-refractivity contribution in [2.75, 3.05) is 13.2 Å². The average molecular weight is 425 g/mol. The molecule has 5 atom stereocenters. The summed E-state index contributed by atoms with van der Waals surface area (Å²) in [5, 5.41) is 51.6. The molecule has 0 radical (unpaired) electrons. The minimum Gasteiger partial charge on any atom is -0.507 e. The van der Waals surface area contributed by atoms with E-state index in [9.17, 15) is 30.3 Å². The van der Waals surface area contributed by atoms with Crippen LogP contribution >= 0.6 is 11.3 Å². The summed E-state index contributed by atoms with van der Waals surface area (Å²) in [6, 6.07) is 4.19. The van der Waals surface area contributed by atoms with Gasteiger partial charge in [-0.3, -0.25) is 4.79 Å². The zero-order chi connectivity index (χ0) is 21.1. The minimum absolute atomic E-state index is 0.0724. The van der Waals surface area contributed by atoms with Gasteiger partial charge in [0.2, 0.25) is 0 Å². The number of aryl methyl sites for hydroxylation is 1. The summed E-state index contributed by atoms with van der Waals surface area (Å²) in [7, 11) is 0. The highest BCUT2D eigenvalue weighted by molar-refractivity contribution is 7.09. The largest absolute Gasteiger partial charge is 0.507 e. The molecule has 0 saturated carbocycles. The number of rotatable bonds is 7. The van der Waals surface area contributed by atoms with Crippen molar-refractivity contribution in [2.45, 2.75) is 43.9 Å². The van der Waals surface area contributed by atoms with E-state index in [0.717, 1.165) is 5.01 Å². The van der Waals surface area contributed by atoms with Crippen LogP contribution in [-0.4, -0.2) is 80.0 Å². The highest BCUT2D eigenvalue weighted by Gasteiger charge is 2.43. The zero-order valence-corrected chi connectivity index (χ0v) is 16.5. The van der Waals surface area contributed by atoms with Gasteiger partial charge in [-0.2, -0.15) is 0 Å². The molecule has 10 heteroatoms. The molecule has 1 aliphatic rings. The lowest BCUT2D eigenvalue weighted by atomic mass is 9.95. The number of aliphatic hydroxyl groups excluding tert-OH is 4. The Balaban J connectivity index is 1.62. The molecule has 5 N–H and O–H groups in total. The molecule has 3 rings (SSSR count). The lowest BCUT2D eigenvalue weighted by Crippen LogP contribution is -2.59. The quantitative estimate of drug-likeness (QED) is 0.380. The van der Waals surface area contributed by atoms with Crippen LogP contribution in [0.4, 0.5) is 0 Å². The topological polar surface area (TPSA) is 150 Å². The average Bonchev–Trinajstić information content (AvgIpc) is 3.10. The van der Waals surface area contributed by atoms with Crippen LogP contribution in [0.15, 0.2) is 23.6 Å². The number of nitrogens with zero attached hydrogens (tertiary/aromatic N) is 1. The second-order valence-electron chi connectivity index (χ2n) is 6.82. The molecule has 29 heavy (non-hydrogen) atoms. The van der Waals surface area contributed by atoms with E-state index < -0.39 is 37.1 Å². The summed E-state index contributed by atoms with van der Waals surface area (Å²) in [6.07, 6.45) is -6.29. The molecular formula is C19H23NO8S. The Hall–Kier alpha value is -2.08. The number of thiazole rings is 1. The Labute approximate surface area is 170 Å². The Morgan fingerprint density at radius 3 is 2.55 bits per heavy atom. The number of benzene rings is 1. The first-order valence-corrected chi connectivity index (χ1v) is 9.88. The van der Waals surface area contributed by atoms with Gasteiger partial charge in [0.25, 0.3) is 0 Å². The lowest BCUT2D eigenvalue weighted by Gasteiger charge is -2.39. The third-order valence-corrected chi connectivity index (χ3v) is 5.51. The maximum atomic E-state index is 12.4. The van der Waals surface area contributed by atoms with E-state index in [1.807, 2.05) is 6.92 Å². The second kappa shape index (κ2) is 9.16. The number of carbonyl (C=O) groups excluding carboxylic acids is 1. The molecule has 0 spiro atoms. The molecule has 1 aromatic carbocycles. The van der Waals surface area contributed by atoms with Crippen molar-refractivity contribution in [3.63, 3.8) is 0 Å². The summed E-state index contributed by atoms with van der Waals surface area (Å²) in [5.41, 5.74) is 0.774. The van der Waals surface area contributed by atoms with Crippen molar-refractivity contribution in [1.29, 1.82) is 0 Å². The number of Topliss-reactive ketones (excluding diaryl/α,β-unsaturated/α-hetero) is 1. The molecule has 1 saturated heterocycles. The summed E-state index contributed by atoms with van der Waals surface area (Å²) >= 11 is 1.44. The fourth-order valence-corrected chi connectivity index (χ4v) is 3.69. The van der Waals surface area contributed by atoms with Gasteiger partial charge >= 0.3 is 0 Å². The third-order valence-electron chi connectivity index (χ3n) is 4.68. The van der Waals surface area contributed by atoms with Crippen LogP contribution in [0.3, 0.4) is 0 Å². The number of ketones is 1. The summed E-state index contributed by atoms with van der Waals surface area (Å²) in [6.45, 7) is 1.11. The maximum Gasteiger partial charge on any atom is 0.172 e. The summed E-state index contributed by atoms with van der Waals surface area (Å²) in [4.78, 5) is 16.6. The number of aromatic nitrogens is 1. The van der Waals surface area contributed by atoms with Crippen molar-refractivity contribution in [2.24, 2.45) is 0 Å². The fraction of sp³-hybridized carbons (Fsp3) is 0.474. The molecule has 9 nitrogen and oxygen atoms in total. The fourth-order valence-electron chi connectivity index (χ4n) is 3.08. The van der Waals surface area contributed by atoms with E-state index in [0.29, 0.717) is 5.69 Å². The van der Waals surface area contributed by atoms with Crippen LogP contribution in [0.2, 0.25) is 0 Å². The minimum atomic E-state index is -1.49. The van der Waals surface area contributed by atoms with Crippen LogP contribution in [0.1, 0.15) is 21.1 Å². The van der Waals surface area contributed by atoms with Gasteiger partial charge in [-0.05, 0) is 19.1 Å². The van der Waals surface area contributed by atoms with Gasteiger partial charge in [-0.15, -0.1) is 11.3 Å². The number of carbonyl (C=O) groups is 1. The molecule has 2 heterocycles. The lowest BCUT2D eigenvalue weighted by molar-refractivity contribution is -0.234. The Bertz CT molecular complexity index is 854. The highest BCUT2D eigenvalue weighted by atomic mass is 32.1. The first-order chi connectivity index (χ1) is 13.8. The van der Waals surface area contributed by atoms with E-state index in [1.165, 1.54) is 29.5 Å². The first-order valence-electron chi connectivity index (χ1n) is 9.00. The van der Waals surface area contributed by atoms with E-state index in [2.05, 4.69) is 4.98 Å². The number of aliphatic hydroxyl groups is 4. The second-order valence-corrected chi connectivity index (χ2v) is 7.88. The van der Waals surface area contributed by atoms with Crippen LogP contribution in [-0.2, 0) is 11.2 Å². The SMILES string of the molecule is Cc1nc(CC(=O)c2ccc(OC[C@@H]3O[C@H](CO)[C@H](O)[C@H](O)[C@H]3O)cc2O)cs1. The molecule has 1 aromatic heterocycles. The smallest absolute Gasteiger partial charge is 0.172 e. The molecule has 0 aliphatic carbocycles. The van der Waals surface area contributed by atoms with Crippen molar-refractivity contribution < 1.29 is 39.8 Å². The van der Waals surface area contributed by atoms with Crippen LogP contribution in [0.5, 0.6) is 11.5 Å². The first kappa shape index (κ1) is 21.6. The van der Waals surface area contributed by atoms with Crippen LogP contribution < -0.4 is 4.74 Å². The summed E-state index contributed by atoms with van der Waals surface area (Å²) < 4.78 is 10.8. The molecule has 0 unspecified atom stereocenters. The zero-order valence-electron chi connectivity index (χ0n) is 15.6. The molecule has 0 amide bonds. The monoisotopic (exact) mass is 425 g/mol. The summed E-state index contributed by atoms with van der Waals surface area (Å²) in [5.74, 6) is -0.318. The Kier molecular flexibility index (Phi) is 6.83. The van der Waals surface area contributed by atoms with Gasteiger partial charge < -0.3 is 35.0 Å². The van der Waals surface area contributed by atoms with Gasteiger partial charge in [-0.25, -0.2) is 4.98 Å². The van der Waals surface area contributed by atoms with Crippen molar-refractivity contribution in [3.05, 3.63) is 39.8 Å². The number of hydrogen-bond acceptors (Lipinski definition) is 10. The third kappa shape index (κ3) is 4.92. The van der Waals surface area contributed by atoms with Crippen molar-refractivity contribution in [3.8, 4) is 11.5 Å². The standard InChI is InChI=1S/C19H23NO8S/c1-9-20-10(8-29-9)4-13(22)12-3-2-11(5-14(12)23)27-7-16-18(25)19(26)17(24)15(6-21)28-16/h2-3,5,8,15-19,21,23-26H,4,6-7H2,1H3/t15-,16+,17+,18+,19+/m1/s1. The van der Waals surface area contributed by atoms with E-state index >= 15 is 0 Å². The molecule has 1 aliphatic heterocycles. The van der Waals surface area contributed by atoms with Gasteiger partial charge in [0.1, 0.15) is 48.6 Å². The molecule has 0 bridgehead atoms. The van der Waals surface area contributed by atoms with Gasteiger partial charge in [0.15, 0.2) is 5.78 Å². The van der Waals surface area contributed by atoms with Gasteiger partial charge in [0, 0.05) is 11.4 Å². The van der Waals surface area contributed by atoms with Crippen molar-refractivity contribution >= 4 is 17.1 Å². The molecular weight excluding hydrogens is 402 g/mol. The molecule has 2 aromatic rings. The molecule has 158 valence electrons. The predicted molar refractivity (Wildman–Crippen MR) is 102 cm³/mol. The molecule has 1 fully saturated rings. The van der Waals surface area contributed by atoms with E-state index in [4.69, 9.17) is 9.47 Å². The number of hydrogen-bond donors (Lipinski definition) is 5. The number of aromatic hydroxyl groups is 1. The van der Waals surface area contributed by atoms with E-state index in [1.54, 1.807) is 5.38 Å². The number of phenolic OH excluding ortho intramolecular Hbond substituents is 1. The van der Waals surface area contributed by atoms with Crippen LogP contribution in [0, 0.1) is 6.92 Å².